The zero-order valence-electron chi connectivity index (χ0n) is 19.9. The molecule has 9 nitrogen and oxygen atoms in total. The lowest BCUT2D eigenvalue weighted by Crippen LogP contribution is -2.63. The maximum atomic E-state index is 12.8. The van der Waals surface area contributed by atoms with Crippen molar-refractivity contribution in [1.82, 2.24) is 14.8 Å². The van der Waals surface area contributed by atoms with Crippen LogP contribution in [0.15, 0.2) is 47.8 Å². The third kappa shape index (κ3) is 4.81. The van der Waals surface area contributed by atoms with Gasteiger partial charge in [0.05, 0.1) is 18.1 Å². The van der Waals surface area contributed by atoms with Gasteiger partial charge in [0.25, 0.3) is 0 Å². The standard InChI is InChI=1S/C25H31N3O6S/c1-4-10-34-25(33)27-13-18(11-17(27)8-7-16-6-5-9-26-12-16)35-22-14(2)20-19(15(3)29)23(30)28(20)21(22)24(31)32/h4-6,9,12,14-15,17-20,29H,1,7-8,10-11,13H2,2-3H3,(H,31,32)/t14-,15-,17-,18+,19-,20-/m1/s1. The fourth-order valence-electron chi connectivity index (χ4n) is 5.41. The molecule has 188 valence electrons. The van der Waals surface area contributed by atoms with Crippen LogP contribution in [0.25, 0.3) is 0 Å². The number of aliphatic hydroxyl groups excluding tert-OH is 1. The van der Waals surface area contributed by atoms with Crippen molar-refractivity contribution in [3.05, 3.63) is 53.3 Å². The van der Waals surface area contributed by atoms with Crippen LogP contribution in [0.4, 0.5) is 4.79 Å². The van der Waals surface area contributed by atoms with Crippen LogP contribution < -0.4 is 0 Å². The van der Waals surface area contributed by atoms with Crippen LogP contribution in [0.2, 0.25) is 0 Å². The molecule has 10 heteroatoms. The second-order valence-corrected chi connectivity index (χ2v) is 10.7. The number of nitrogens with zero attached hydrogens (tertiary/aromatic N) is 3. The van der Waals surface area contributed by atoms with Gasteiger partial charge in [0, 0.05) is 41.1 Å². The number of fused-ring (bicyclic) bond motifs is 1. The number of hydrogen-bond acceptors (Lipinski definition) is 7. The van der Waals surface area contributed by atoms with Gasteiger partial charge in [-0.05, 0) is 37.8 Å². The normalized spacial score (nSPS) is 28.5. The van der Waals surface area contributed by atoms with Gasteiger partial charge in [-0.3, -0.25) is 9.78 Å². The lowest BCUT2D eigenvalue weighted by atomic mass is 9.79. The summed E-state index contributed by atoms with van der Waals surface area (Å²) in [5.74, 6) is -2.30. The van der Waals surface area contributed by atoms with Crippen LogP contribution in [0.5, 0.6) is 0 Å². The van der Waals surface area contributed by atoms with E-state index in [0.717, 1.165) is 18.4 Å². The van der Waals surface area contributed by atoms with E-state index in [2.05, 4.69) is 11.6 Å². The van der Waals surface area contributed by atoms with E-state index in [4.69, 9.17) is 4.74 Å². The van der Waals surface area contributed by atoms with Crippen molar-refractivity contribution in [2.24, 2.45) is 11.8 Å². The van der Waals surface area contributed by atoms with E-state index < -0.39 is 24.1 Å². The van der Waals surface area contributed by atoms with Gasteiger partial charge < -0.3 is 24.7 Å². The summed E-state index contributed by atoms with van der Waals surface area (Å²) in [4.78, 5) is 45.4. The van der Waals surface area contributed by atoms with Crippen molar-refractivity contribution in [3.8, 4) is 0 Å². The summed E-state index contributed by atoms with van der Waals surface area (Å²) in [6.07, 6.45) is 5.95. The number of pyridine rings is 1. The third-order valence-corrected chi connectivity index (χ3v) is 8.52. The molecule has 6 atom stereocenters. The number of carbonyl (C=O) groups excluding carboxylic acids is 2. The third-order valence-electron chi connectivity index (χ3n) is 7.03. The monoisotopic (exact) mass is 501 g/mol. The zero-order chi connectivity index (χ0) is 25.3. The summed E-state index contributed by atoms with van der Waals surface area (Å²) >= 11 is 1.43. The Morgan fingerprint density at radius 2 is 2.20 bits per heavy atom. The SMILES string of the molecule is C=CCOC(=O)N1C[C@@H](SC2=C(C(=O)O)N3C(=O)[C@H]([C@@H](C)O)[C@H]3[C@H]2C)C[C@H]1CCc1cccnc1. The Kier molecular flexibility index (Phi) is 7.51. The number of rotatable bonds is 9. The molecule has 4 rings (SSSR count). The molecule has 2 saturated heterocycles. The number of aromatic nitrogens is 1. The molecule has 0 saturated carbocycles. The predicted octanol–water partition coefficient (Wildman–Crippen LogP) is 2.67. The minimum atomic E-state index is -1.15. The molecule has 1 aromatic heterocycles. The highest BCUT2D eigenvalue weighted by molar-refractivity contribution is 8.03. The second-order valence-electron chi connectivity index (χ2n) is 9.32. The Balaban J connectivity index is 1.52. The van der Waals surface area contributed by atoms with Crippen molar-refractivity contribution in [1.29, 1.82) is 0 Å². The smallest absolute Gasteiger partial charge is 0.410 e. The van der Waals surface area contributed by atoms with E-state index in [1.54, 1.807) is 18.0 Å². The van der Waals surface area contributed by atoms with Crippen LogP contribution in [0.1, 0.15) is 32.3 Å². The number of thioether (sulfide) groups is 1. The number of aryl methyl sites for hydroxylation is 1. The summed E-state index contributed by atoms with van der Waals surface area (Å²) in [6, 6.07) is 3.45. The number of carboxylic acids is 1. The molecule has 2 amide bonds. The molecule has 0 radical (unpaired) electrons. The van der Waals surface area contributed by atoms with Crippen LogP contribution in [0.3, 0.4) is 0 Å². The average molecular weight is 502 g/mol. The van der Waals surface area contributed by atoms with Gasteiger partial charge in [0.1, 0.15) is 12.3 Å². The Bertz CT molecular complexity index is 1030. The first-order valence-electron chi connectivity index (χ1n) is 11.8. The zero-order valence-corrected chi connectivity index (χ0v) is 20.7. The van der Waals surface area contributed by atoms with Crippen LogP contribution in [0, 0.1) is 11.8 Å². The molecule has 0 aliphatic carbocycles. The summed E-state index contributed by atoms with van der Waals surface area (Å²) in [6.45, 7) is 7.60. The van der Waals surface area contributed by atoms with Gasteiger partial charge in [-0.1, -0.05) is 25.6 Å². The number of aliphatic carboxylic acids is 1. The first-order valence-corrected chi connectivity index (χ1v) is 12.7. The van der Waals surface area contributed by atoms with Crippen LogP contribution in [-0.4, -0.2) is 79.6 Å². The molecule has 2 N–H and O–H groups in total. The molecule has 0 unspecified atom stereocenters. The van der Waals surface area contributed by atoms with E-state index in [9.17, 15) is 24.6 Å². The quantitative estimate of drug-likeness (QED) is 0.391. The number of β-lactam (4-membered cyclic amide) rings is 1. The van der Waals surface area contributed by atoms with Gasteiger partial charge in [-0.25, -0.2) is 9.59 Å². The molecule has 2 fully saturated rings. The van der Waals surface area contributed by atoms with Crippen LogP contribution in [-0.2, 0) is 20.7 Å². The molecule has 35 heavy (non-hydrogen) atoms. The number of hydrogen-bond donors (Lipinski definition) is 2. The van der Waals surface area contributed by atoms with E-state index in [1.165, 1.54) is 22.7 Å². The van der Waals surface area contributed by atoms with E-state index in [0.29, 0.717) is 17.9 Å². The van der Waals surface area contributed by atoms with Crippen molar-refractivity contribution in [2.75, 3.05) is 13.2 Å². The molecule has 1 aromatic rings. The number of likely N-dealkylation sites (tertiary alicyclic amines) is 1. The summed E-state index contributed by atoms with van der Waals surface area (Å²) in [5, 5.41) is 19.9. The summed E-state index contributed by atoms with van der Waals surface area (Å²) < 4.78 is 5.32. The Labute approximate surface area is 208 Å². The second kappa shape index (κ2) is 10.4. The number of aliphatic hydroxyl groups is 1. The predicted molar refractivity (Wildman–Crippen MR) is 130 cm³/mol. The number of carboxylic acid groups (broad SMARTS) is 1. The minimum absolute atomic E-state index is 0.00833. The van der Waals surface area contributed by atoms with Gasteiger partial charge in [-0.15, -0.1) is 11.8 Å². The number of carbonyl (C=O) groups is 3. The van der Waals surface area contributed by atoms with E-state index in [1.807, 2.05) is 25.3 Å². The van der Waals surface area contributed by atoms with Gasteiger partial charge in [0.15, 0.2) is 0 Å². The number of amides is 2. The fourth-order valence-corrected chi connectivity index (χ4v) is 6.97. The first-order chi connectivity index (χ1) is 16.7. The molecule has 3 aliphatic rings. The molecule has 0 aromatic carbocycles. The lowest BCUT2D eigenvalue weighted by molar-refractivity contribution is -0.163. The lowest BCUT2D eigenvalue weighted by Gasteiger charge is -2.46. The van der Waals surface area contributed by atoms with E-state index in [-0.39, 0.29) is 41.5 Å². The molecular formula is C25H31N3O6S. The van der Waals surface area contributed by atoms with Gasteiger partial charge in [0.2, 0.25) is 5.91 Å². The highest BCUT2D eigenvalue weighted by Crippen LogP contribution is 2.52. The van der Waals surface area contributed by atoms with Crippen LogP contribution >= 0.6 is 11.8 Å². The van der Waals surface area contributed by atoms with Crippen molar-refractivity contribution >= 4 is 29.7 Å². The molecule has 0 spiro atoms. The molecule has 0 bridgehead atoms. The Morgan fingerprint density at radius 3 is 2.83 bits per heavy atom. The summed E-state index contributed by atoms with van der Waals surface area (Å²) in [7, 11) is 0. The summed E-state index contributed by atoms with van der Waals surface area (Å²) in [5.41, 5.74) is 1.09. The fraction of sp³-hybridized carbons (Fsp3) is 0.520. The average Bonchev–Trinajstić information content (AvgIpc) is 3.34. The van der Waals surface area contributed by atoms with Crippen molar-refractivity contribution in [2.45, 2.75) is 56.5 Å². The number of ether oxygens (including phenoxy) is 1. The largest absolute Gasteiger partial charge is 0.477 e. The molecule has 4 heterocycles. The maximum absolute atomic E-state index is 12.8. The molecular weight excluding hydrogens is 470 g/mol. The van der Waals surface area contributed by atoms with Gasteiger partial charge >= 0.3 is 12.1 Å². The highest BCUT2D eigenvalue weighted by atomic mass is 32.2. The van der Waals surface area contributed by atoms with Gasteiger partial charge in [-0.2, -0.15) is 0 Å². The Hall–Kier alpha value is -2.85. The molecule has 3 aliphatic heterocycles. The Morgan fingerprint density at radius 1 is 1.43 bits per heavy atom. The first kappa shape index (κ1) is 25.2. The van der Waals surface area contributed by atoms with Crippen molar-refractivity contribution in [3.63, 3.8) is 0 Å². The topological polar surface area (TPSA) is 120 Å². The minimum Gasteiger partial charge on any atom is -0.477 e. The van der Waals surface area contributed by atoms with E-state index >= 15 is 0 Å². The van der Waals surface area contributed by atoms with Crippen molar-refractivity contribution < 1.29 is 29.3 Å². The highest BCUT2D eigenvalue weighted by Gasteiger charge is 2.60. The maximum Gasteiger partial charge on any atom is 0.410 e.